The fraction of sp³-hybridized carbons (Fsp3) is 0.316. The largest absolute Gasteiger partial charge is 0.360 e. The highest BCUT2D eigenvalue weighted by Gasteiger charge is 2.41. The monoisotopic (exact) mass is 407 g/mol. The normalized spacial score (nSPS) is 18.1. The van der Waals surface area contributed by atoms with Crippen LogP contribution in [0.2, 0.25) is 15.1 Å². The van der Waals surface area contributed by atoms with Crippen LogP contribution in [0.3, 0.4) is 0 Å². The van der Waals surface area contributed by atoms with E-state index in [0.717, 1.165) is 31.2 Å². The van der Waals surface area contributed by atoms with Crippen LogP contribution in [0.25, 0.3) is 6.08 Å². The molecule has 134 valence electrons. The highest BCUT2D eigenvalue weighted by Crippen LogP contribution is 2.44. The lowest BCUT2D eigenvalue weighted by atomic mass is 10.1. The van der Waals surface area contributed by atoms with Crippen LogP contribution in [0.1, 0.15) is 53.5 Å². The van der Waals surface area contributed by atoms with Gasteiger partial charge in [0.25, 0.3) is 0 Å². The highest BCUT2D eigenvalue weighted by molar-refractivity contribution is 6.42. The lowest BCUT2D eigenvalue weighted by molar-refractivity contribution is 0.111. The van der Waals surface area contributed by atoms with Crippen LogP contribution in [0, 0.1) is 0 Å². The standard InChI is InChI=1S/C19H16Cl3N3O/c20-13-3-1-2-11(15(13)21)6-7-19(8-9-19)25-18-16(22)14(10-26)23-17(24-18)12-4-5-12/h1-3,6-7,10,12H,4-5,8-9H2,(H,23,24,25)/b7-6+. The average molecular weight is 409 g/mol. The van der Waals surface area contributed by atoms with Crippen molar-refractivity contribution in [2.24, 2.45) is 0 Å². The minimum Gasteiger partial charge on any atom is -0.360 e. The molecule has 0 amide bonds. The first-order chi connectivity index (χ1) is 12.5. The minimum atomic E-state index is -0.245. The smallest absolute Gasteiger partial charge is 0.170 e. The Balaban J connectivity index is 1.60. The second-order valence-corrected chi connectivity index (χ2v) is 7.94. The van der Waals surface area contributed by atoms with Crippen LogP contribution >= 0.6 is 34.8 Å². The van der Waals surface area contributed by atoms with E-state index in [9.17, 15) is 4.79 Å². The van der Waals surface area contributed by atoms with Crippen molar-refractivity contribution in [2.45, 2.75) is 37.1 Å². The molecule has 0 atom stereocenters. The van der Waals surface area contributed by atoms with E-state index < -0.39 is 0 Å². The third-order valence-corrected chi connectivity index (χ3v) is 5.87. The maximum atomic E-state index is 11.3. The molecule has 1 aromatic carbocycles. The van der Waals surface area contributed by atoms with Gasteiger partial charge in [0, 0.05) is 5.92 Å². The van der Waals surface area contributed by atoms with Crippen LogP contribution in [0.5, 0.6) is 0 Å². The van der Waals surface area contributed by atoms with E-state index in [1.807, 2.05) is 18.2 Å². The van der Waals surface area contributed by atoms with Gasteiger partial charge in [0.05, 0.1) is 15.6 Å². The van der Waals surface area contributed by atoms with E-state index in [4.69, 9.17) is 34.8 Å². The predicted molar refractivity (Wildman–Crippen MR) is 105 cm³/mol. The van der Waals surface area contributed by atoms with Crippen molar-refractivity contribution >= 4 is 53.0 Å². The number of aldehydes is 1. The Morgan fingerprint density at radius 3 is 2.54 bits per heavy atom. The first-order valence-corrected chi connectivity index (χ1v) is 9.59. The summed E-state index contributed by atoms with van der Waals surface area (Å²) >= 11 is 18.6. The van der Waals surface area contributed by atoms with Gasteiger partial charge >= 0.3 is 0 Å². The lowest BCUT2D eigenvalue weighted by Crippen LogP contribution is -2.20. The molecule has 0 aliphatic heterocycles. The molecule has 0 spiro atoms. The second-order valence-electron chi connectivity index (χ2n) is 6.78. The summed E-state index contributed by atoms with van der Waals surface area (Å²) < 4.78 is 0. The molecule has 1 aromatic heterocycles. The van der Waals surface area contributed by atoms with Crippen LogP contribution in [0.4, 0.5) is 5.82 Å². The number of hydrogen-bond acceptors (Lipinski definition) is 4. The van der Waals surface area contributed by atoms with Crippen LogP contribution < -0.4 is 5.32 Å². The molecule has 1 N–H and O–H groups in total. The number of nitrogens with one attached hydrogen (secondary N) is 1. The third kappa shape index (κ3) is 3.59. The van der Waals surface area contributed by atoms with Gasteiger partial charge in [0.15, 0.2) is 6.29 Å². The van der Waals surface area contributed by atoms with Crippen molar-refractivity contribution in [1.82, 2.24) is 9.97 Å². The van der Waals surface area contributed by atoms with E-state index >= 15 is 0 Å². The zero-order valence-corrected chi connectivity index (χ0v) is 16.1. The molecule has 2 aliphatic rings. The Bertz CT molecular complexity index is 905. The summed E-state index contributed by atoms with van der Waals surface area (Å²) in [6, 6.07) is 5.53. The van der Waals surface area contributed by atoms with Gasteiger partial charge in [-0.2, -0.15) is 0 Å². The summed E-state index contributed by atoms with van der Waals surface area (Å²) in [5, 5.41) is 4.71. The number of carbonyl (C=O) groups excluding carboxylic acids is 1. The van der Waals surface area contributed by atoms with Crippen LogP contribution in [-0.4, -0.2) is 21.8 Å². The molecule has 26 heavy (non-hydrogen) atoms. The van der Waals surface area contributed by atoms with Gasteiger partial charge in [-0.3, -0.25) is 4.79 Å². The first kappa shape index (κ1) is 17.8. The van der Waals surface area contributed by atoms with Gasteiger partial charge in [-0.15, -0.1) is 0 Å². The molecule has 7 heteroatoms. The molecular formula is C19H16Cl3N3O. The van der Waals surface area contributed by atoms with Gasteiger partial charge in [-0.25, -0.2) is 9.97 Å². The zero-order chi connectivity index (χ0) is 18.3. The summed E-state index contributed by atoms with van der Waals surface area (Å²) in [5.41, 5.74) is 0.849. The fourth-order valence-electron chi connectivity index (χ4n) is 2.77. The first-order valence-electron chi connectivity index (χ1n) is 8.45. The van der Waals surface area contributed by atoms with E-state index in [1.165, 1.54) is 0 Å². The number of anilines is 1. The average Bonchev–Trinajstić information content (AvgIpc) is 3.53. The number of nitrogens with zero attached hydrogens (tertiary/aromatic N) is 2. The zero-order valence-electron chi connectivity index (χ0n) is 13.8. The molecule has 0 saturated heterocycles. The lowest BCUT2D eigenvalue weighted by Gasteiger charge is -2.16. The summed E-state index contributed by atoms with van der Waals surface area (Å²) in [4.78, 5) is 20.1. The topological polar surface area (TPSA) is 54.9 Å². The molecular weight excluding hydrogens is 393 g/mol. The molecule has 2 aromatic rings. The number of halogens is 3. The van der Waals surface area contributed by atoms with Gasteiger partial charge in [0.1, 0.15) is 22.4 Å². The van der Waals surface area contributed by atoms with Crippen molar-refractivity contribution < 1.29 is 4.79 Å². The molecule has 0 bridgehead atoms. The van der Waals surface area contributed by atoms with Crippen molar-refractivity contribution in [2.75, 3.05) is 5.32 Å². The van der Waals surface area contributed by atoms with Gasteiger partial charge in [-0.1, -0.05) is 59.1 Å². The number of carbonyl (C=O) groups is 1. The van der Waals surface area contributed by atoms with E-state index in [2.05, 4.69) is 21.4 Å². The Morgan fingerprint density at radius 1 is 1.12 bits per heavy atom. The van der Waals surface area contributed by atoms with E-state index in [0.29, 0.717) is 33.9 Å². The maximum absolute atomic E-state index is 11.3. The summed E-state index contributed by atoms with van der Waals surface area (Å²) in [5.74, 6) is 1.55. The number of aromatic nitrogens is 2. The maximum Gasteiger partial charge on any atom is 0.170 e. The van der Waals surface area contributed by atoms with Crippen molar-refractivity contribution in [3.05, 3.63) is 56.4 Å². The van der Waals surface area contributed by atoms with Gasteiger partial charge < -0.3 is 5.32 Å². The summed E-state index contributed by atoms with van der Waals surface area (Å²) in [6.07, 6.45) is 8.68. The van der Waals surface area contributed by atoms with Crippen LogP contribution in [-0.2, 0) is 0 Å². The minimum absolute atomic E-state index is 0.240. The molecule has 2 fully saturated rings. The summed E-state index contributed by atoms with van der Waals surface area (Å²) in [7, 11) is 0. The fourth-order valence-corrected chi connectivity index (χ4v) is 3.32. The summed E-state index contributed by atoms with van der Waals surface area (Å²) in [6.45, 7) is 0. The Hall–Kier alpha value is -1.62. The molecule has 1 heterocycles. The van der Waals surface area contributed by atoms with Gasteiger partial charge in [0.2, 0.25) is 0 Å². The van der Waals surface area contributed by atoms with Crippen molar-refractivity contribution in [3.8, 4) is 0 Å². The molecule has 2 aliphatic carbocycles. The molecule has 4 rings (SSSR count). The second kappa shape index (κ2) is 6.84. The van der Waals surface area contributed by atoms with Crippen molar-refractivity contribution in [3.63, 3.8) is 0 Å². The molecule has 0 radical (unpaired) electrons. The molecule has 4 nitrogen and oxygen atoms in total. The van der Waals surface area contributed by atoms with Gasteiger partial charge in [-0.05, 0) is 37.3 Å². The van der Waals surface area contributed by atoms with E-state index in [1.54, 1.807) is 6.07 Å². The predicted octanol–water partition coefficient (Wildman–Crippen LogP) is 5.78. The highest BCUT2D eigenvalue weighted by atomic mass is 35.5. The number of hydrogen-bond donors (Lipinski definition) is 1. The number of rotatable bonds is 6. The molecule has 0 unspecified atom stereocenters. The Morgan fingerprint density at radius 2 is 1.88 bits per heavy atom. The van der Waals surface area contributed by atoms with Crippen molar-refractivity contribution in [1.29, 1.82) is 0 Å². The Kier molecular flexibility index (Phi) is 4.68. The molecule has 2 saturated carbocycles. The SMILES string of the molecule is O=Cc1nc(C2CC2)nc(NC2(/C=C/c3cccc(Cl)c3Cl)CC2)c1Cl. The quantitative estimate of drug-likeness (QED) is 0.615. The van der Waals surface area contributed by atoms with Crippen LogP contribution in [0.15, 0.2) is 24.3 Å². The van der Waals surface area contributed by atoms with E-state index in [-0.39, 0.29) is 16.3 Å². The number of benzene rings is 1. The Labute approximate surface area is 166 Å². The third-order valence-electron chi connectivity index (χ3n) is 4.67.